The van der Waals surface area contributed by atoms with Crippen LogP contribution in [0.2, 0.25) is 0 Å². The Balaban J connectivity index is 1.61. The van der Waals surface area contributed by atoms with Crippen molar-refractivity contribution in [1.29, 1.82) is 10.5 Å². The minimum atomic E-state index is -0.986. The van der Waals surface area contributed by atoms with Gasteiger partial charge in [-0.2, -0.15) is 10.5 Å². The normalized spacial score (nSPS) is 11.8. The van der Waals surface area contributed by atoms with Crippen molar-refractivity contribution in [3.63, 3.8) is 0 Å². The highest BCUT2D eigenvalue weighted by molar-refractivity contribution is 5.81. The third-order valence-corrected chi connectivity index (χ3v) is 5.02. The largest absolute Gasteiger partial charge is 0.465 e. The summed E-state index contributed by atoms with van der Waals surface area (Å²) in [5.41, 5.74) is 1.06. The molecular weight excluding hydrogens is 460 g/mol. The van der Waals surface area contributed by atoms with E-state index in [1.807, 2.05) is 12.1 Å². The summed E-state index contributed by atoms with van der Waals surface area (Å²) in [7, 11) is 0. The molecule has 3 rings (SSSR count). The second-order valence-electron chi connectivity index (χ2n) is 7.44. The van der Waals surface area contributed by atoms with Crippen molar-refractivity contribution in [1.82, 2.24) is 0 Å². The Morgan fingerprint density at radius 2 is 0.889 bits per heavy atom. The lowest BCUT2D eigenvalue weighted by Gasteiger charge is -2.11. The molecule has 0 N–H and O–H groups in total. The van der Waals surface area contributed by atoms with Crippen LogP contribution in [-0.4, -0.2) is 25.2 Å². The van der Waals surface area contributed by atoms with E-state index in [0.29, 0.717) is 34.1 Å². The molecule has 3 aromatic carbocycles. The van der Waals surface area contributed by atoms with Crippen LogP contribution in [0, 0.1) is 22.7 Å². The zero-order valence-corrected chi connectivity index (χ0v) is 19.8. The van der Waals surface area contributed by atoms with Gasteiger partial charge in [0, 0.05) is 0 Å². The Bertz CT molecular complexity index is 1160. The molecule has 8 heteroatoms. The van der Waals surface area contributed by atoms with E-state index >= 15 is 0 Å². The van der Waals surface area contributed by atoms with E-state index in [-0.39, 0.29) is 13.2 Å². The molecule has 0 aliphatic carbocycles. The van der Waals surface area contributed by atoms with Gasteiger partial charge in [0.15, 0.2) is 11.8 Å². The molecule has 2 atom stereocenters. The molecule has 0 heterocycles. The summed E-state index contributed by atoms with van der Waals surface area (Å²) in [6.45, 7) is 3.80. The molecule has 0 fully saturated rings. The van der Waals surface area contributed by atoms with E-state index in [1.165, 1.54) is 0 Å². The monoisotopic (exact) mass is 484 g/mol. The van der Waals surface area contributed by atoms with Gasteiger partial charge in [-0.1, -0.05) is 24.3 Å². The van der Waals surface area contributed by atoms with Crippen LogP contribution in [0.15, 0.2) is 72.8 Å². The van der Waals surface area contributed by atoms with E-state index in [4.69, 9.17) is 18.9 Å². The SMILES string of the molecule is CCOC(=O)C(C#N)c1ccc(Oc2ccc(Oc3ccc(C(C#N)C(=O)OCC)cc3)cc2)cc1. The molecule has 0 aliphatic heterocycles. The molecule has 0 amide bonds. The lowest BCUT2D eigenvalue weighted by Crippen LogP contribution is -2.14. The van der Waals surface area contributed by atoms with Crippen LogP contribution in [-0.2, 0) is 19.1 Å². The summed E-state index contributed by atoms with van der Waals surface area (Å²) in [4.78, 5) is 23.8. The minimum absolute atomic E-state index is 0.209. The second-order valence-corrected chi connectivity index (χ2v) is 7.44. The number of carbonyl (C=O) groups is 2. The molecule has 0 radical (unpaired) electrons. The van der Waals surface area contributed by atoms with Gasteiger partial charge in [-0.3, -0.25) is 9.59 Å². The Kier molecular flexibility index (Phi) is 9.02. The summed E-state index contributed by atoms with van der Waals surface area (Å²) in [5.74, 6) is -0.918. The van der Waals surface area contributed by atoms with Gasteiger partial charge in [-0.15, -0.1) is 0 Å². The number of nitriles is 2. The highest BCUT2D eigenvalue weighted by atomic mass is 16.5. The van der Waals surface area contributed by atoms with Crippen molar-refractivity contribution >= 4 is 11.9 Å². The maximum Gasteiger partial charge on any atom is 0.327 e. The van der Waals surface area contributed by atoms with Gasteiger partial charge >= 0.3 is 11.9 Å². The standard InChI is InChI=1S/C28H24N2O6/c1-3-33-27(31)25(17-29)19-5-9-21(10-6-19)35-23-13-15-24(16-14-23)36-22-11-7-20(8-12-22)26(18-30)28(32)34-4-2/h5-16,25-26H,3-4H2,1-2H3. The molecule has 0 saturated heterocycles. The Hall–Kier alpha value is -4.82. The Labute approximate surface area is 209 Å². The first-order chi connectivity index (χ1) is 17.5. The van der Waals surface area contributed by atoms with Crippen LogP contribution in [0.4, 0.5) is 0 Å². The molecule has 182 valence electrons. The lowest BCUT2D eigenvalue weighted by atomic mass is 10.0. The summed E-state index contributed by atoms with van der Waals surface area (Å²) in [6, 6.07) is 24.2. The van der Waals surface area contributed by atoms with Gasteiger partial charge in [-0.05, 0) is 73.5 Å². The Morgan fingerprint density at radius 1 is 0.611 bits per heavy atom. The predicted octanol–water partition coefficient (Wildman–Crippen LogP) is 5.61. The first kappa shape index (κ1) is 25.8. The highest BCUT2D eigenvalue weighted by Crippen LogP contribution is 2.29. The fourth-order valence-electron chi connectivity index (χ4n) is 3.28. The fourth-order valence-corrected chi connectivity index (χ4v) is 3.28. The number of benzene rings is 3. The highest BCUT2D eigenvalue weighted by Gasteiger charge is 2.22. The third kappa shape index (κ3) is 6.62. The number of hydrogen-bond acceptors (Lipinski definition) is 8. The van der Waals surface area contributed by atoms with E-state index in [1.54, 1.807) is 86.6 Å². The van der Waals surface area contributed by atoms with Crippen molar-refractivity contribution < 1.29 is 28.5 Å². The number of rotatable bonds is 10. The van der Waals surface area contributed by atoms with Crippen LogP contribution in [0.1, 0.15) is 36.8 Å². The molecule has 0 saturated carbocycles. The van der Waals surface area contributed by atoms with Crippen molar-refractivity contribution in [3.8, 4) is 35.1 Å². The number of esters is 2. The van der Waals surface area contributed by atoms with E-state index in [2.05, 4.69) is 0 Å². The number of ether oxygens (including phenoxy) is 4. The van der Waals surface area contributed by atoms with Crippen LogP contribution >= 0.6 is 0 Å². The molecule has 3 aromatic rings. The summed E-state index contributed by atoms with van der Waals surface area (Å²) in [5, 5.41) is 18.6. The molecule has 0 spiro atoms. The van der Waals surface area contributed by atoms with Gasteiger partial charge in [0.2, 0.25) is 0 Å². The number of hydrogen-bond donors (Lipinski definition) is 0. The molecular formula is C28H24N2O6. The van der Waals surface area contributed by atoms with E-state index in [9.17, 15) is 20.1 Å². The van der Waals surface area contributed by atoms with Gasteiger partial charge in [-0.25, -0.2) is 0 Å². The van der Waals surface area contributed by atoms with Crippen molar-refractivity contribution in [3.05, 3.63) is 83.9 Å². The lowest BCUT2D eigenvalue weighted by molar-refractivity contribution is -0.144. The average molecular weight is 485 g/mol. The predicted molar refractivity (Wildman–Crippen MR) is 129 cm³/mol. The molecule has 2 unspecified atom stereocenters. The van der Waals surface area contributed by atoms with Crippen molar-refractivity contribution in [2.45, 2.75) is 25.7 Å². The average Bonchev–Trinajstić information content (AvgIpc) is 2.88. The molecule has 0 aromatic heterocycles. The maximum absolute atomic E-state index is 11.9. The zero-order valence-electron chi connectivity index (χ0n) is 19.8. The quantitative estimate of drug-likeness (QED) is 0.341. The first-order valence-corrected chi connectivity index (χ1v) is 11.3. The molecule has 0 bridgehead atoms. The van der Waals surface area contributed by atoms with Crippen LogP contribution in [0.5, 0.6) is 23.0 Å². The topological polar surface area (TPSA) is 119 Å². The van der Waals surface area contributed by atoms with Gasteiger partial charge in [0.05, 0.1) is 25.4 Å². The summed E-state index contributed by atoms with van der Waals surface area (Å²) >= 11 is 0. The van der Waals surface area contributed by atoms with Gasteiger partial charge in [0.25, 0.3) is 0 Å². The van der Waals surface area contributed by atoms with Crippen LogP contribution in [0.3, 0.4) is 0 Å². The number of nitrogens with zero attached hydrogens (tertiary/aromatic N) is 2. The fraction of sp³-hybridized carbons (Fsp3) is 0.214. The van der Waals surface area contributed by atoms with E-state index in [0.717, 1.165) is 0 Å². The van der Waals surface area contributed by atoms with Gasteiger partial charge < -0.3 is 18.9 Å². The van der Waals surface area contributed by atoms with Gasteiger partial charge in [0.1, 0.15) is 23.0 Å². The Morgan fingerprint density at radius 3 is 1.14 bits per heavy atom. The maximum atomic E-state index is 11.9. The smallest absolute Gasteiger partial charge is 0.327 e. The molecule has 0 aliphatic rings. The van der Waals surface area contributed by atoms with Crippen LogP contribution in [0.25, 0.3) is 0 Å². The molecule has 8 nitrogen and oxygen atoms in total. The van der Waals surface area contributed by atoms with Crippen LogP contribution < -0.4 is 9.47 Å². The van der Waals surface area contributed by atoms with E-state index < -0.39 is 23.8 Å². The number of carbonyl (C=O) groups excluding carboxylic acids is 2. The molecule has 36 heavy (non-hydrogen) atoms. The third-order valence-electron chi connectivity index (χ3n) is 5.02. The van der Waals surface area contributed by atoms with Crippen molar-refractivity contribution in [2.24, 2.45) is 0 Å². The zero-order chi connectivity index (χ0) is 25.9. The minimum Gasteiger partial charge on any atom is -0.465 e. The first-order valence-electron chi connectivity index (χ1n) is 11.3. The summed E-state index contributed by atoms with van der Waals surface area (Å²) < 4.78 is 21.5. The van der Waals surface area contributed by atoms with Crippen molar-refractivity contribution in [2.75, 3.05) is 13.2 Å². The second kappa shape index (κ2) is 12.6. The summed E-state index contributed by atoms with van der Waals surface area (Å²) in [6.07, 6.45) is 0.